The van der Waals surface area contributed by atoms with Crippen molar-refractivity contribution in [3.8, 4) is 0 Å². The Morgan fingerprint density at radius 2 is 1.87 bits per heavy atom. The number of rotatable bonds is 4. The van der Waals surface area contributed by atoms with Gasteiger partial charge >= 0.3 is 0 Å². The van der Waals surface area contributed by atoms with Crippen LogP contribution in [0, 0.1) is 6.92 Å². The molecule has 86 valence electrons. The Labute approximate surface area is 89.9 Å². The summed E-state index contributed by atoms with van der Waals surface area (Å²) in [6.07, 6.45) is 0. The molecule has 0 aliphatic rings. The van der Waals surface area contributed by atoms with E-state index in [0.29, 0.717) is 18.3 Å². The van der Waals surface area contributed by atoms with Gasteiger partial charge in [0.25, 0.3) is 0 Å². The Morgan fingerprint density at radius 1 is 1.27 bits per heavy atom. The summed E-state index contributed by atoms with van der Waals surface area (Å²) in [7, 11) is 0. The third-order valence-corrected chi connectivity index (χ3v) is 2.78. The molecule has 0 spiro atoms. The van der Waals surface area contributed by atoms with Gasteiger partial charge in [0.1, 0.15) is 0 Å². The van der Waals surface area contributed by atoms with E-state index in [1.54, 1.807) is 20.8 Å². The highest BCUT2D eigenvalue weighted by Gasteiger charge is 2.34. The second kappa shape index (κ2) is 3.90. The van der Waals surface area contributed by atoms with E-state index in [1.165, 1.54) is 0 Å². The van der Waals surface area contributed by atoms with E-state index in [4.69, 9.17) is 4.42 Å². The predicted molar refractivity (Wildman–Crippen MR) is 56.3 cm³/mol. The van der Waals surface area contributed by atoms with Gasteiger partial charge in [0.15, 0.2) is 0 Å². The zero-order valence-corrected chi connectivity index (χ0v) is 9.96. The second-order valence-corrected chi connectivity index (χ2v) is 4.75. The monoisotopic (exact) mass is 213 g/mol. The van der Waals surface area contributed by atoms with Crippen molar-refractivity contribution in [1.29, 1.82) is 0 Å². The Hall–Kier alpha value is -0.940. The summed E-state index contributed by atoms with van der Waals surface area (Å²) in [4.78, 5) is 0. The van der Waals surface area contributed by atoms with Crippen molar-refractivity contribution in [3.05, 3.63) is 11.8 Å². The minimum atomic E-state index is -0.817. The van der Waals surface area contributed by atoms with Crippen molar-refractivity contribution in [1.82, 2.24) is 15.5 Å². The smallest absolute Gasteiger partial charge is 0.230 e. The summed E-state index contributed by atoms with van der Waals surface area (Å²) in [6, 6.07) is 0. The van der Waals surface area contributed by atoms with Gasteiger partial charge in [-0.1, -0.05) is 0 Å². The summed E-state index contributed by atoms with van der Waals surface area (Å²) < 4.78 is 5.23. The molecule has 1 heterocycles. The zero-order valence-electron chi connectivity index (χ0n) is 9.96. The molecule has 0 radical (unpaired) electrons. The fourth-order valence-corrected chi connectivity index (χ4v) is 0.922. The van der Waals surface area contributed by atoms with Gasteiger partial charge in [-0.15, -0.1) is 10.2 Å². The lowest BCUT2D eigenvalue weighted by atomic mass is 9.86. The molecule has 0 bridgehead atoms. The van der Waals surface area contributed by atoms with Crippen LogP contribution in [0.3, 0.4) is 0 Å². The number of nitrogens with zero attached hydrogens (tertiary/aromatic N) is 2. The van der Waals surface area contributed by atoms with Crippen LogP contribution in [0.2, 0.25) is 0 Å². The van der Waals surface area contributed by atoms with Gasteiger partial charge in [0, 0.05) is 12.5 Å². The molecule has 0 amide bonds. The molecule has 0 aromatic carbocycles. The Kier molecular flexibility index (Phi) is 3.16. The van der Waals surface area contributed by atoms with Crippen molar-refractivity contribution in [2.45, 2.75) is 52.3 Å². The summed E-state index contributed by atoms with van der Waals surface area (Å²) in [5.74, 6) is 1.08. The lowest BCUT2D eigenvalue weighted by Gasteiger charge is -2.37. The number of hydrogen-bond donors (Lipinski definition) is 2. The van der Waals surface area contributed by atoms with Crippen LogP contribution in [0.5, 0.6) is 0 Å². The molecule has 0 saturated heterocycles. The van der Waals surface area contributed by atoms with E-state index in [2.05, 4.69) is 15.5 Å². The van der Waals surface area contributed by atoms with Gasteiger partial charge in [0.05, 0.1) is 12.1 Å². The predicted octanol–water partition coefficient (Wildman–Crippen LogP) is 1.02. The molecule has 5 heteroatoms. The number of aromatic nitrogens is 2. The average molecular weight is 213 g/mol. The highest BCUT2D eigenvalue weighted by molar-refractivity contribution is 4.94. The second-order valence-electron chi connectivity index (χ2n) is 4.75. The maximum atomic E-state index is 9.90. The van der Waals surface area contributed by atoms with Crippen LogP contribution in [-0.2, 0) is 6.54 Å². The maximum absolute atomic E-state index is 9.90. The van der Waals surface area contributed by atoms with Gasteiger partial charge in [0.2, 0.25) is 11.8 Å². The Bertz CT molecular complexity index is 326. The Balaban J connectivity index is 2.57. The van der Waals surface area contributed by atoms with E-state index in [-0.39, 0.29) is 0 Å². The SMILES string of the molecule is Cc1nnc(CNC(C)(C)C(C)(C)O)o1. The van der Waals surface area contributed by atoms with Crippen LogP contribution in [-0.4, -0.2) is 26.4 Å². The van der Waals surface area contributed by atoms with Crippen LogP contribution >= 0.6 is 0 Å². The number of hydrogen-bond acceptors (Lipinski definition) is 5. The van der Waals surface area contributed by atoms with Crippen LogP contribution in [0.15, 0.2) is 4.42 Å². The highest BCUT2D eigenvalue weighted by atomic mass is 16.4. The molecule has 2 N–H and O–H groups in total. The van der Waals surface area contributed by atoms with Gasteiger partial charge in [-0.05, 0) is 27.7 Å². The lowest BCUT2D eigenvalue weighted by Crippen LogP contribution is -2.55. The molecule has 1 aromatic heterocycles. The number of nitrogens with one attached hydrogen (secondary N) is 1. The van der Waals surface area contributed by atoms with E-state index < -0.39 is 11.1 Å². The fourth-order valence-electron chi connectivity index (χ4n) is 0.922. The van der Waals surface area contributed by atoms with E-state index >= 15 is 0 Å². The minimum absolute atomic E-state index is 0.421. The summed E-state index contributed by atoms with van der Waals surface area (Å²) >= 11 is 0. The molecule has 0 fully saturated rings. The van der Waals surface area contributed by atoms with E-state index in [9.17, 15) is 5.11 Å². The topological polar surface area (TPSA) is 71.2 Å². The van der Waals surface area contributed by atoms with Crippen LogP contribution in [0.25, 0.3) is 0 Å². The first-order chi connectivity index (χ1) is 6.72. The number of aliphatic hydroxyl groups is 1. The molecule has 1 aromatic rings. The first-order valence-electron chi connectivity index (χ1n) is 4.99. The lowest BCUT2D eigenvalue weighted by molar-refractivity contribution is -0.00623. The molecule has 0 atom stereocenters. The standard InChI is InChI=1S/C10H19N3O2/c1-7-12-13-8(15-7)6-11-9(2,3)10(4,5)14/h11,14H,6H2,1-5H3. The van der Waals surface area contributed by atoms with Crippen molar-refractivity contribution in [2.24, 2.45) is 0 Å². The van der Waals surface area contributed by atoms with Gasteiger partial charge < -0.3 is 14.8 Å². The third kappa shape index (κ3) is 3.00. The normalized spacial score (nSPS) is 13.2. The quantitative estimate of drug-likeness (QED) is 0.781. The Morgan fingerprint density at radius 3 is 2.27 bits per heavy atom. The van der Waals surface area contributed by atoms with Crippen molar-refractivity contribution < 1.29 is 9.52 Å². The first kappa shape index (κ1) is 12.1. The summed E-state index contributed by atoms with van der Waals surface area (Å²) in [5, 5.41) is 20.7. The molecule has 0 unspecified atom stereocenters. The van der Waals surface area contributed by atoms with Crippen molar-refractivity contribution in [3.63, 3.8) is 0 Å². The maximum Gasteiger partial charge on any atom is 0.230 e. The molecule has 0 aliphatic carbocycles. The molecule has 0 saturated carbocycles. The third-order valence-electron chi connectivity index (χ3n) is 2.78. The van der Waals surface area contributed by atoms with Gasteiger partial charge in [-0.2, -0.15) is 0 Å². The molecule has 1 rings (SSSR count). The van der Waals surface area contributed by atoms with Crippen LogP contribution in [0.4, 0.5) is 0 Å². The van der Waals surface area contributed by atoms with Gasteiger partial charge in [-0.3, -0.25) is 0 Å². The minimum Gasteiger partial charge on any atom is -0.424 e. The molecule has 15 heavy (non-hydrogen) atoms. The van der Waals surface area contributed by atoms with E-state index in [0.717, 1.165) is 0 Å². The zero-order chi connectivity index (χ0) is 11.7. The first-order valence-corrected chi connectivity index (χ1v) is 4.99. The molecule has 0 aliphatic heterocycles. The van der Waals surface area contributed by atoms with Crippen molar-refractivity contribution >= 4 is 0 Å². The molecular weight excluding hydrogens is 194 g/mol. The van der Waals surface area contributed by atoms with Crippen LogP contribution in [0.1, 0.15) is 39.5 Å². The average Bonchev–Trinajstić information content (AvgIpc) is 2.46. The molecule has 5 nitrogen and oxygen atoms in total. The molecular formula is C10H19N3O2. The van der Waals surface area contributed by atoms with E-state index in [1.807, 2.05) is 13.8 Å². The van der Waals surface area contributed by atoms with Crippen LogP contribution < -0.4 is 5.32 Å². The highest BCUT2D eigenvalue weighted by Crippen LogP contribution is 2.20. The summed E-state index contributed by atoms with van der Waals surface area (Å²) in [6.45, 7) is 9.58. The van der Waals surface area contributed by atoms with Gasteiger partial charge in [-0.25, -0.2) is 0 Å². The fraction of sp³-hybridized carbons (Fsp3) is 0.800. The number of aryl methyl sites for hydroxylation is 1. The van der Waals surface area contributed by atoms with Crippen molar-refractivity contribution in [2.75, 3.05) is 0 Å². The summed E-state index contributed by atoms with van der Waals surface area (Å²) in [5.41, 5.74) is -1.24. The largest absolute Gasteiger partial charge is 0.424 e.